The number of nitrogens with zero attached hydrogens (tertiary/aromatic N) is 2. The highest BCUT2D eigenvalue weighted by Gasteiger charge is 2.42. The summed E-state index contributed by atoms with van der Waals surface area (Å²) in [6, 6.07) is 10.4. The number of carboxylic acids is 1. The van der Waals surface area contributed by atoms with Gasteiger partial charge in [-0.05, 0) is 37.3 Å². The molecule has 1 aliphatic carbocycles. The van der Waals surface area contributed by atoms with Gasteiger partial charge < -0.3 is 14.4 Å². The highest BCUT2D eigenvalue weighted by atomic mass is 16.5. The first kappa shape index (κ1) is 22.0. The van der Waals surface area contributed by atoms with Crippen molar-refractivity contribution in [1.29, 1.82) is 0 Å². The molecular weight excluding hydrogens is 400 g/mol. The van der Waals surface area contributed by atoms with Crippen molar-refractivity contribution in [3.05, 3.63) is 36.0 Å². The summed E-state index contributed by atoms with van der Waals surface area (Å²) in [5.41, 5.74) is 2.11. The molecule has 5 nitrogen and oxygen atoms in total. The molecule has 0 radical (unpaired) electrons. The van der Waals surface area contributed by atoms with E-state index in [0.29, 0.717) is 24.2 Å². The Hall–Kier alpha value is -1.85. The number of aliphatic carboxylic acids is 1. The summed E-state index contributed by atoms with van der Waals surface area (Å²) in [5, 5.41) is 10.5. The Kier molecular flexibility index (Phi) is 6.84. The van der Waals surface area contributed by atoms with Gasteiger partial charge in [-0.25, -0.2) is 0 Å². The summed E-state index contributed by atoms with van der Waals surface area (Å²) in [6.07, 6.45) is 16.8. The lowest BCUT2D eigenvalue weighted by molar-refractivity contribution is -0.136. The number of fused-ring (bicyclic) bond motifs is 3. The number of ether oxygens (including phenoxy) is 1. The molecule has 1 N–H and O–H groups in total. The molecule has 3 fully saturated rings. The van der Waals surface area contributed by atoms with Crippen LogP contribution in [0.25, 0.3) is 10.9 Å². The highest BCUT2D eigenvalue weighted by molar-refractivity contribution is 5.87. The zero-order chi connectivity index (χ0) is 21.9. The van der Waals surface area contributed by atoms with Crippen LogP contribution in [-0.4, -0.2) is 51.9 Å². The number of morpholine rings is 1. The van der Waals surface area contributed by atoms with Crippen molar-refractivity contribution in [2.24, 2.45) is 0 Å². The predicted octanol–water partition coefficient (Wildman–Crippen LogP) is 5.57. The SMILES string of the molecule is O=C(O)Cc1cn(C2CC3COC[C@H](C2)N3C2CCCCCCCCC2)c2ccccc12. The minimum absolute atomic E-state index is 0.0877. The normalized spacial score (nSPS) is 28.6. The number of rotatable bonds is 4. The van der Waals surface area contributed by atoms with Crippen LogP contribution in [0.4, 0.5) is 0 Å². The van der Waals surface area contributed by atoms with Crippen LogP contribution in [0.3, 0.4) is 0 Å². The molecule has 1 aromatic heterocycles. The summed E-state index contributed by atoms with van der Waals surface area (Å²) >= 11 is 0. The smallest absolute Gasteiger partial charge is 0.307 e. The van der Waals surface area contributed by atoms with E-state index in [-0.39, 0.29) is 6.42 Å². The van der Waals surface area contributed by atoms with E-state index < -0.39 is 5.97 Å². The maximum atomic E-state index is 11.4. The Morgan fingerprint density at radius 3 is 2.16 bits per heavy atom. The van der Waals surface area contributed by atoms with Gasteiger partial charge in [0.2, 0.25) is 0 Å². The number of aromatic nitrogens is 1. The van der Waals surface area contributed by atoms with Gasteiger partial charge >= 0.3 is 5.97 Å². The van der Waals surface area contributed by atoms with Crippen molar-refractivity contribution in [3.8, 4) is 0 Å². The summed E-state index contributed by atoms with van der Waals surface area (Å²) in [4.78, 5) is 14.3. The van der Waals surface area contributed by atoms with Crippen molar-refractivity contribution >= 4 is 16.9 Å². The number of hydrogen-bond acceptors (Lipinski definition) is 3. The second-order valence-electron chi connectivity index (χ2n) is 10.3. The van der Waals surface area contributed by atoms with Gasteiger partial charge in [-0.2, -0.15) is 0 Å². The van der Waals surface area contributed by atoms with Crippen molar-refractivity contribution in [2.45, 2.75) is 101 Å². The van der Waals surface area contributed by atoms with E-state index in [1.807, 2.05) is 6.07 Å². The molecule has 5 heteroatoms. The Labute approximate surface area is 191 Å². The van der Waals surface area contributed by atoms with Crippen LogP contribution >= 0.6 is 0 Å². The third kappa shape index (κ3) is 4.60. The first-order chi connectivity index (χ1) is 15.7. The van der Waals surface area contributed by atoms with Crippen molar-refractivity contribution < 1.29 is 14.6 Å². The fraction of sp³-hybridized carbons (Fsp3) is 0.667. The monoisotopic (exact) mass is 438 g/mol. The molecule has 3 aliphatic rings. The first-order valence-corrected chi connectivity index (χ1v) is 12.9. The minimum atomic E-state index is -0.760. The van der Waals surface area contributed by atoms with Gasteiger partial charge in [-0.1, -0.05) is 63.1 Å². The second-order valence-corrected chi connectivity index (χ2v) is 10.3. The maximum Gasteiger partial charge on any atom is 0.307 e. The molecule has 3 heterocycles. The molecule has 0 spiro atoms. The molecule has 1 saturated carbocycles. The number of benzene rings is 1. The lowest BCUT2D eigenvalue weighted by Gasteiger charge is -2.52. The van der Waals surface area contributed by atoms with Crippen LogP contribution in [0.15, 0.2) is 30.5 Å². The lowest BCUT2D eigenvalue weighted by atomic mass is 9.85. The molecule has 2 aliphatic heterocycles. The number of piperidine rings is 1. The van der Waals surface area contributed by atoms with E-state index in [0.717, 1.165) is 37.0 Å². The number of carbonyl (C=O) groups is 1. The standard InChI is InChI=1S/C27H38N2O3/c30-27(31)14-20-17-28(26-13-9-8-12-25(20)26)22-15-23-18-32-19-24(16-22)29(23)21-10-6-4-2-1-3-5-7-11-21/h8-9,12-13,17,21-24H,1-7,10-11,14-16,18-19H2,(H,30,31)/t22?,23-,24?/m0/s1. The third-order valence-electron chi connectivity index (χ3n) is 8.11. The second kappa shape index (κ2) is 9.96. The van der Waals surface area contributed by atoms with E-state index in [4.69, 9.17) is 4.74 Å². The number of para-hydroxylation sites is 1. The maximum absolute atomic E-state index is 11.4. The Balaban J connectivity index is 1.38. The van der Waals surface area contributed by atoms with Gasteiger partial charge in [-0.3, -0.25) is 9.69 Å². The minimum Gasteiger partial charge on any atom is -0.481 e. The Bertz CT molecular complexity index is 899. The van der Waals surface area contributed by atoms with Crippen LogP contribution in [0.2, 0.25) is 0 Å². The summed E-state index contributed by atoms with van der Waals surface area (Å²) < 4.78 is 8.45. The van der Waals surface area contributed by atoms with Crippen molar-refractivity contribution in [2.75, 3.05) is 13.2 Å². The van der Waals surface area contributed by atoms with E-state index in [9.17, 15) is 9.90 Å². The molecule has 3 atom stereocenters. The third-order valence-corrected chi connectivity index (χ3v) is 8.11. The average molecular weight is 439 g/mol. The molecule has 32 heavy (non-hydrogen) atoms. The molecule has 5 rings (SSSR count). The van der Waals surface area contributed by atoms with Gasteiger partial charge in [0.15, 0.2) is 0 Å². The lowest BCUT2D eigenvalue weighted by Crippen LogP contribution is -2.60. The van der Waals surface area contributed by atoms with Gasteiger partial charge in [0.05, 0.1) is 19.6 Å². The zero-order valence-corrected chi connectivity index (χ0v) is 19.3. The molecule has 2 aromatic rings. The summed E-state index contributed by atoms with van der Waals surface area (Å²) in [5.74, 6) is -0.760. The van der Waals surface area contributed by atoms with Crippen LogP contribution < -0.4 is 0 Å². The van der Waals surface area contributed by atoms with Gasteiger partial charge in [0.25, 0.3) is 0 Å². The largest absolute Gasteiger partial charge is 0.481 e. The predicted molar refractivity (Wildman–Crippen MR) is 127 cm³/mol. The number of carboxylic acid groups (broad SMARTS) is 1. The summed E-state index contributed by atoms with van der Waals surface area (Å²) in [6.45, 7) is 1.68. The van der Waals surface area contributed by atoms with Crippen molar-refractivity contribution in [3.63, 3.8) is 0 Å². The molecular formula is C27H38N2O3. The van der Waals surface area contributed by atoms with Gasteiger partial charge in [-0.15, -0.1) is 0 Å². The molecule has 174 valence electrons. The molecule has 2 bridgehead atoms. The fourth-order valence-electron chi connectivity index (χ4n) is 6.71. The Morgan fingerprint density at radius 2 is 1.50 bits per heavy atom. The van der Waals surface area contributed by atoms with Gasteiger partial charge in [0.1, 0.15) is 0 Å². The molecule has 2 saturated heterocycles. The summed E-state index contributed by atoms with van der Waals surface area (Å²) in [7, 11) is 0. The fourth-order valence-corrected chi connectivity index (χ4v) is 6.71. The van der Waals surface area contributed by atoms with E-state index in [1.165, 1.54) is 63.3 Å². The van der Waals surface area contributed by atoms with E-state index in [1.54, 1.807) is 0 Å². The average Bonchev–Trinajstić information content (AvgIpc) is 3.14. The van der Waals surface area contributed by atoms with Crippen LogP contribution in [0, 0.1) is 0 Å². The van der Waals surface area contributed by atoms with E-state index >= 15 is 0 Å². The zero-order valence-electron chi connectivity index (χ0n) is 19.3. The van der Waals surface area contributed by atoms with Crippen LogP contribution in [-0.2, 0) is 16.0 Å². The Morgan fingerprint density at radius 1 is 0.875 bits per heavy atom. The van der Waals surface area contributed by atoms with Crippen LogP contribution in [0.5, 0.6) is 0 Å². The molecule has 2 unspecified atom stereocenters. The molecule has 1 aromatic carbocycles. The molecule has 0 amide bonds. The number of hydrogen-bond donors (Lipinski definition) is 1. The topological polar surface area (TPSA) is 54.7 Å². The first-order valence-electron chi connectivity index (χ1n) is 12.9. The van der Waals surface area contributed by atoms with Gasteiger partial charge in [0, 0.05) is 41.3 Å². The van der Waals surface area contributed by atoms with Crippen molar-refractivity contribution in [1.82, 2.24) is 9.47 Å². The van der Waals surface area contributed by atoms with Crippen LogP contribution in [0.1, 0.15) is 82.2 Å². The quantitative estimate of drug-likeness (QED) is 0.678. The highest BCUT2D eigenvalue weighted by Crippen LogP contribution is 2.40. The van der Waals surface area contributed by atoms with E-state index in [2.05, 4.69) is 33.9 Å².